The van der Waals surface area contributed by atoms with Crippen molar-refractivity contribution in [2.24, 2.45) is 0 Å². The summed E-state index contributed by atoms with van der Waals surface area (Å²) in [5.74, 6) is 0.527. The summed E-state index contributed by atoms with van der Waals surface area (Å²) in [5, 5.41) is 5.70. The minimum Gasteiger partial charge on any atom is -0.410 e. The number of hydrogen-bond donors (Lipinski definition) is 1. The highest BCUT2D eigenvalue weighted by Crippen LogP contribution is 2.21. The average Bonchev–Trinajstić information content (AvgIpc) is 3.05. The Labute approximate surface area is 138 Å². The molecule has 0 unspecified atom stereocenters. The van der Waals surface area contributed by atoms with Gasteiger partial charge in [0.1, 0.15) is 5.75 Å². The van der Waals surface area contributed by atoms with E-state index in [9.17, 15) is 4.79 Å². The second-order valence-electron chi connectivity index (χ2n) is 4.74. The van der Waals surface area contributed by atoms with Crippen LogP contribution in [0.2, 0.25) is 0 Å². The molecule has 0 atom stereocenters. The van der Waals surface area contributed by atoms with Gasteiger partial charge >= 0.3 is 6.09 Å². The van der Waals surface area contributed by atoms with Crippen molar-refractivity contribution < 1.29 is 9.53 Å². The SMILES string of the molecule is O=C(NCCc1nc(-c2ccncc2)cs1)Oc1ccccc1. The van der Waals surface area contributed by atoms with Crippen LogP contribution < -0.4 is 10.1 Å². The number of pyridine rings is 1. The van der Waals surface area contributed by atoms with E-state index >= 15 is 0 Å². The first kappa shape index (κ1) is 15.2. The van der Waals surface area contributed by atoms with Gasteiger partial charge in [0, 0.05) is 36.3 Å². The van der Waals surface area contributed by atoms with Gasteiger partial charge in [-0.2, -0.15) is 0 Å². The van der Waals surface area contributed by atoms with E-state index in [4.69, 9.17) is 4.74 Å². The Bertz CT molecular complexity index is 760. The Kier molecular flexibility index (Phi) is 4.95. The molecule has 6 heteroatoms. The number of carbonyl (C=O) groups excluding carboxylic acids is 1. The van der Waals surface area contributed by atoms with E-state index in [-0.39, 0.29) is 0 Å². The summed E-state index contributed by atoms with van der Waals surface area (Å²) in [6.07, 6.45) is 3.70. The Morgan fingerprint density at radius 2 is 1.91 bits per heavy atom. The molecule has 3 rings (SSSR count). The summed E-state index contributed by atoms with van der Waals surface area (Å²) in [6, 6.07) is 12.8. The smallest absolute Gasteiger partial charge is 0.410 e. The number of aromatic nitrogens is 2. The molecule has 0 aliphatic heterocycles. The van der Waals surface area contributed by atoms with Gasteiger partial charge in [-0.25, -0.2) is 9.78 Å². The fraction of sp³-hybridized carbons (Fsp3) is 0.118. The molecular weight excluding hydrogens is 310 g/mol. The molecule has 0 aliphatic rings. The lowest BCUT2D eigenvalue weighted by molar-refractivity contribution is 0.200. The highest BCUT2D eigenvalue weighted by molar-refractivity contribution is 7.09. The predicted octanol–water partition coefficient (Wildman–Crippen LogP) is 3.54. The average molecular weight is 325 g/mol. The molecule has 0 bridgehead atoms. The topological polar surface area (TPSA) is 64.1 Å². The minimum absolute atomic E-state index is 0.456. The number of nitrogens with zero attached hydrogens (tertiary/aromatic N) is 2. The van der Waals surface area contributed by atoms with Crippen LogP contribution >= 0.6 is 11.3 Å². The van der Waals surface area contributed by atoms with Crippen LogP contribution in [0.4, 0.5) is 4.79 Å². The van der Waals surface area contributed by atoms with Crippen molar-refractivity contribution in [3.8, 4) is 17.0 Å². The van der Waals surface area contributed by atoms with Gasteiger partial charge in [-0.3, -0.25) is 4.98 Å². The predicted molar refractivity (Wildman–Crippen MR) is 89.5 cm³/mol. The summed E-state index contributed by atoms with van der Waals surface area (Å²) in [7, 11) is 0. The summed E-state index contributed by atoms with van der Waals surface area (Å²) in [6.45, 7) is 0.481. The number of carbonyl (C=O) groups is 1. The maximum atomic E-state index is 11.7. The fourth-order valence-electron chi connectivity index (χ4n) is 1.98. The molecule has 2 aromatic heterocycles. The Hall–Kier alpha value is -2.73. The third-order valence-corrected chi connectivity index (χ3v) is 4.00. The van der Waals surface area contributed by atoms with Gasteiger partial charge in [-0.1, -0.05) is 18.2 Å². The Morgan fingerprint density at radius 1 is 1.13 bits per heavy atom. The third-order valence-electron chi connectivity index (χ3n) is 3.09. The van der Waals surface area contributed by atoms with E-state index in [2.05, 4.69) is 15.3 Å². The molecule has 0 saturated heterocycles. The molecular formula is C17H15N3O2S. The lowest BCUT2D eigenvalue weighted by Gasteiger charge is -2.05. The maximum absolute atomic E-state index is 11.7. The van der Waals surface area contributed by atoms with Crippen LogP contribution in [0.25, 0.3) is 11.3 Å². The summed E-state index contributed by atoms with van der Waals surface area (Å²) >= 11 is 1.58. The van der Waals surface area contributed by atoms with Crippen molar-refractivity contribution in [2.45, 2.75) is 6.42 Å². The first-order valence-corrected chi connectivity index (χ1v) is 8.05. The first-order chi connectivity index (χ1) is 11.3. The number of amides is 1. The summed E-state index contributed by atoms with van der Waals surface area (Å²) in [4.78, 5) is 20.2. The van der Waals surface area contributed by atoms with E-state index < -0.39 is 6.09 Å². The molecule has 0 spiro atoms. The molecule has 0 radical (unpaired) electrons. The quantitative estimate of drug-likeness (QED) is 0.779. The van der Waals surface area contributed by atoms with Crippen molar-refractivity contribution in [3.63, 3.8) is 0 Å². The van der Waals surface area contributed by atoms with Crippen LogP contribution in [0.1, 0.15) is 5.01 Å². The van der Waals surface area contributed by atoms with Gasteiger partial charge in [0.15, 0.2) is 0 Å². The number of nitrogens with one attached hydrogen (secondary N) is 1. The van der Waals surface area contributed by atoms with Crippen LogP contribution in [0, 0.1) is 0 Å². The number of ether oxygens (including phenoxy) is 1. The number of benzene rings is 1. The zero-order valence-corrected chi connectivity index (χ0v) is 13.1. The normalized spacial score (nSPS) is 10.3. The van der Waals surface area contributed by atoms with Crippen molar-refractivity contribution in [1.82, 2.24) is 15.3 Å². The number of para-hydroxylation sites is 1. The van der Waals surface area contributed by atoms with E-state index in [0.29, 0.717) is 18.7 Å². The molecule has 0 saturated carbocycles. The van der Waals surface area contributed by atoms with Gasteiger partial charge in [-0.05, 0) is 24.3 Å². The van der Waals surface area contributed by atoms with Crippen LogP contribution in [0.5, 0.6) is 5.75 Å². The molecule has 1 amide bonds. The molecule has 1 aromatic carbocycles. The Morgan fingerprint density at radius 3 is 2.70 bits per heavy atom. The largest absolute Gasteiger partial charge is 0.412 e. The van der Waals surface area contributed by atoms with Gasteiger partial charge in [-0.15, -0.1) is 11.3 Å². The molecule has 2 heterocycles. The van der Waals surface area contributed by atoms with Crippen LogP contribution in [-0.2, 0) is 6.42 Å². The third kappa shape index (κ3) is 4.37. The van der Waals surface area contributed by atoms with Crippen molar-refractivity contribution in [2.75, 3.05) is 6.54 Å². The van der Waals surface area contributed by atoms with Crippen LogP contribution in [-0.4, -0.2) is 22.6 Å². The first-order valence-electron chi connectivity index (χ1n) is 7.17. The molecule has 23 heavy (non-hydrogen) atoms. The Balaban J connectivity index is 1.48. The molecule has 5 nitrogen and oxygen atoms in total. The van der Waals surface area contributed by atoms with Gasteiger partial charge in [0.25, 0.3) is 0 Å². The monoisotopic (exact) mass is 325 g/mol. The van der Waals surface area contributed by atoms with Gasteiger partial charge < -0.3 is 10.1 Å². The second kappa shape index (κ2) is 7.51. The zero-order chi connectivity index (χ0) is 15.9. The second-order valence-corrected chi connectivity index (χ2v) is 5.68. The number of thiazole rings is 1. The van der Waals surface area contributed by atoms with E-state index in [1.54, 1.807) is 35.9 Å². The van der Waals surface area contributed by atoms with E-state index in [1.807, 2.05) is 35.7 Å². The highest BCUT2D eigenvalue weighted by atomic mass is 32.1. The van der Waals surface area contributed by atoms with Crippen molar-refractivity contribution >= 4 is 17.4 Å². The molecule has 0 aliphatic carbocycles. The summed E-state index contributed by atoms with van der Waals surface area (Å²) < 4.78 is 5.15. The lowest BCUT2D eigenvalue weighted by atomic mass is 10.2. The lowest BCUT2D eigenvalue weighted by Crippen LogP contribution is -2.28. The fourth-order valence-corrected chi connectivity index (χ4v) is 2.79. The highest BCUT2D eigenvalue weighted by Gasteiger charge is 2.06. The number of rotatable bonds is 5. The summed E-state index contributed by atoms with van der Waals surface area (Å²) in [5.41, 5.74) is 1.97. The van der Waals surface area contributed by atoms with Crippen LogP contribution in [0.15, 0.2) is 60.2 Å². The standard InChI is InChI=1S/C17H15N3O2S/c21-17(22-14-4-2-1-3-5-14)19-11-8-16-20-15(12-23-16)13-6-9-18-10-7-13/h1-7,9-10,12H,8,11H2,(H,19,21). The zero-order valence-electron chi connectivity index (χ0n) is 12.3. The molecule has 116 valence electrons. The van der Waals surface area contributed by atoms with Crippen molar-refractivity contribution in [1.29, 1.82) is 0 Å². The van der Waals surface area contributed by atoms with E-state index in [1.165, 1.54) is 0 Å². The van der Waals surface area contributed by atoms with E-state index in [0.717, 1.165) is 16.3 Å². The van der Waals surface area contributed by atoms with Gasteiger partial charge in [0.2, 0.25) is 0 Å². The minimum atomic E-state index is -0.456. The molecule has 3 aromatic rings. The number of hydrogen-bond acceptors (Lipinski definition) is 5. The van der Waals surface area contributed by atoms with Gasteiger partial charge in [0.05, 0.1) is 10.7 Å². The van der Waals surface area contributed by atoms with Crippen LogP contribution in [0.3, 0.4) is 0 Å². The van der Waals surface area contributed by atoms with Crippen molar-refractivity contribution in [3.05, 3.63) is 65.2 Å². The molecule has 1 N–H and O–H groups in total. The molecule has 0 fully saturated rings. The maximum Gasteiger partial charge on any atom is 0.412 e.